The van der Waals surface area contributed by atoms with Crippen molar-refractivity contribution in [1.29, 1.82) is 0 Å². The lowest BCUT2D eigenvalue weighted by atomic mass is 10.2. The number of carbonyl (C=O) groups is 2. The number of amides is 2. The highest BCUT2D eigenvalue weighted by atomic mass is 16.5. The molecule has 0 radical (unpaired) electrons. The molecule has 1 fully saturated rings. The average molecular weight is 228 g/mol. The average Bonchev–Trinajstić information content (AvgIpc) is 2.79. The van der Waals surface area contributed by atoms with Crippen molar-refractivity contribution >= 4 is 11.8 Å². The number of hydrogen-bond donors (Lipinski definition) is 2. The summed E-state index contributed by atoms with van der Waals surface area (Å²) >= 11 is 0. The molecule has 2 N–H and O–H groups in total. The molecule has 2 atom stereocenters. The van der Waals surface area contributed by atoms with E-state index in [1.165, 1.54) is 0 Å². The molecule has 2 amide bonds. The van der Waals surface area contributed by atoms with Gasteiger partial charge >= 0.3 is 0 Å². The van der Waals surface area contributed by atoms with Crippen molar-refractivity contribution in [3.05, 3.63) is 0 Å². The Labute approximate surface area is 95.9 Å². The maximum absolute atomic E-state index is 11.6. The van der Waals surface area contributed by atoms with Crippen molar-refractivity contribution in [3.63, 3.8) is 0 Å². The Morgan fingerprint density at radius 1 is 1.50 bits per heavy atom. The summed E-state index contributed by atoms with van der Waals surface area (Å²) in [6.07, 6.45) is 2.17. The molecule has 92 valence electrons. The van der Waals surface area contributed by atoms with E-state index in [2.05, 4.69) is 10.6 Å². The van der Waals surface area contributed by atoms with Gasteiger partial charge < -0.3 is 15.4 Å². The zero-order valence-electron chi connectivity index (χ0n) is 9.91. The van der Waals surface area contributed by atoms with Crippen molar-refractivity contribution in [2.24, 2.45) is 0 Å². The predicted octanol–water partition coefficient (Wildman–Crippen LogP) is 0.196. The number of hydrogen-bond acceptors (Lipinski definition) is 3. The minimum atomic E-state index is -0.497. The Morgan fingerprint density at radius 2 is 2.25 bits per heavy atom. The zero-order valence-corrected chi connectivity index (χ0v) is 9.91. The molecule has 2 unspecified atom stereocenters. The van der Waals surface area contributed by atoms with Crippen molar-refractivity contribution in [2.45, 2.75) is 45.3 Å². The van der Waals surface area contributed by atoms with Crippen LogP contribution in [0.2, 0.25) is 0 Å². The molecule has 0 aliphatic carbocycles. The van der Waals surface area contributed by atoms with Gasteiger partial charge in [-0.1, -0.05) is 6.92 Å². The van der Waals surface area contributed by atoms with E-state index in [1.54, 1.807) is 6.92 Å². The lowest BCUT2D eigenvalue weighted by molar-refractivity contribution is -0.134. The maximum atomic E-state index is 11.6. The summed E-state index contributed by atoms with van der Waals surface area (Å²) in [4.78, 5) is 23.1. The standard InChI is InChI=1S/C11H20N2O3/c1-3-6-12-10(14)8(2)13-11(15)9-5-4-7-16-9/h8-9H,3-7H2,1-2H3,(H,12,14)(H,13,15). The third-order valence-corrected chi connectivity index (χ3v) is 2.52. The molecule has 0 saturated carbocycles. The van der Waals surface area contributed by atoms with Crippen LogP contribution in [-0.4, -0.2) is 37.1 Å². The SMILES string of the molecule is CCCNC(=O)C(C)NC(=O)C1CCCO1. The van der Waals surface area contributed by atoms with E-state index in [1.807, 2.05) is 6.92 Å². The van der Waals surface area contributed by atoms with Gasteiger partial charge in [0, 0.05) is 13.2 Å². The number of carbonyl (C=O) groups excluding carboxylic acids is 2. The van der Waals surface area contributed by atoms with E-state index in [0.29, 0.717) is 13.2 Å². The van der Waals surface area contributed by atoms with Crippen molar-refractivity contribution in [3.8, 4) is 0 Å². The van der Waals surface area contributed by atoms with E-state index >= 15 is 0 Å². The number of nitrogens with one attached hydrogen (secondary N) is 2. The van der Waals surface area contributed by atoms with Crippen LogP contribution in [0.4, 0.5) is 0 Å². The van der Waals surface area contributed by atoms with Crippen LogP contribution in [0.15, 0.2) is 0 Å². The Bertz CT molecular complexity index is 250. The van der Waals surface area contributed by atoms with Crippen LogP contribution in [0.5, 0.6) is 0 Å². The van der Waals surface area contributed by atoms with Gasteiger partial charge in [0.25, 0.3) is 0 Å². The van der Waals surface area contributed by atoms with Crippen molar-refractivity contribution in [2.75, 3.05) is 13.2 Å². The summed E-state index contributed by atoms with van der Waals surface area (Å²) in [7, 11) is 0. The van der Waals surface area contributed by atoms with Gasteiger partial charge in [-0.15, -0.1) is 0 Å². The van der Waals surface area contributed by atoms with E-state index in [9.17, 15) is 9.59 Å². The monoisotopic (exact) mass is 228 g/mol. The topological polar surface area (TPSA) is 67.4 Å². The first-order valence-electron chi connectivity index (χ1n) is 5.84. The first-order valence-corrected chi connectivity index (χ1v) is 5.84. The van der Waals surface area contributed by atoms with Crippen molar-refractivity contribution < 1.29 is 14.3 Å². The first kappa shape index (κ1) is 13.0. The minimum Gasteiger partial charge on any atom is -0.368 e. The van der Waals surface area contributed by atoms with Crippen LogP contribution in [-0.2, 0) is 14.3 Å². The Balaban J connectivity index is 2.29. The van der Waals surface area contributed by atoms with Crippen LogP contribution in [0.1, 0.15) is 33.1 Å². The molecular weight excluding hydrogens is 208 g/mol. The molecule has 5 heteroatoms. The molecule has 0 aromatic heterocycles. The third kappa shape index (κ3) is 3.81. The van der Waals surface area contributed by atoms with Crippen LogP contribution in [0.25, 0.3) is 0 Å². The van der Waals surface area contributed by atoms with Gasteiger partial charge in [-0.25, -0.2) is 0 Å². The molecule has 16 heavy (non-hydrogen) atoms. The second-order valence-corrected chi connectivity index (χ2v) is 4.02. The minimum absolute atomic E-state index is 0.145. The van der Waals surface area contributed by atoms with Crippen LogP contribution in [0.3, 0.4) is 0 Å². The highest BCUT2D eigenvalue weighted by Gasteiger charge is 2.26. The largest absolute Gasteiger partial charge is 0.368 e. The Morgan fingerprint density at radius 3 is 2.81 bits per heavy atom. The smallest absolute Gasteiger partial charge is 0.249 e. The molecule has 0 aromatic carbocycles. The fourth-order valence-corrected chi connectivity index (χ4v) is 1.56. The van der Waals surface area contributed by atoms with Crippen molar-refractivity contribution in [1.82, 2.24) is 10.6 Å². The van der Waals surface area contributed by atoms with E-state index in [-0.39, 0.29) is 17.9 Å². The molecule has 1 rings (SSSR count). The van der Waals surface area contributed by atoms with Gasteiger partial charge in [0.2, 0.25) is 11.8 Å². The molecule has 0 aromatic rings. The Kier molecular flexibility index (Phi) is 5.25. The van der Waals surface area contributed by atoms with E-state index < -0.39 is 6.04 Å². The van der Waals surface area contributed by atoms with Gasteiger partial charge in [-0.05, 0) is 26.2 Å². The summed E-state index contributed by atoms with van der Waals surface area (Å²) in [5.41, 5.74) is 0. The number of ether oxygens (including phenoxy) is 1. The molecule has 5 nitrogen and oxygen atoms in total. The summed E-state index contributed by atoms with van der Waals surface area (Å²) in [6.45, 7) is 4.93. The van der Waals surface area contributed by atoms with Gasteiger partial charge in [0.1, 0.15) is 12.1 Å². The molecule has 0 spiro atoms. The molecule has 1 aliphatic heterocycles. The van der Waals surface area contributed by atoms with Crippen LogP contribution >= 0.6 is 0 Å². The van der Waals surface area contributed by atoms with E-state index in [4.69, 9.17) is 4.74 Å². The molecular formula is C11H20N2O3. The highest BCUT2D eigenvalue weighted by molar-refractivity contribution is 5.89. The normalized spacial score (nSPS) is 21.5. The van der Waals surface area contributed by atoms with Gasteiger partial charge in [-0.3, -0.25) is 9.59 Å². The second-order valence-electron chi connectivity index (χ2n) is 4.02. The van der Waals surface area contributed by atoms with Gasteiger partial charge in [0.15, 0.2) is 0 Å². The summed E-state index contributed by atoms with van der Waals surface area (Å²) in [5, 5.41) is 5.39. The van der Waals surface area contributed by atoms with Gasteiger partial charge in [-0.2, -0.15) is 0 Å². The van der Waals surface area contributed by atoms with Crippen LogP contribution in [0, 0.1) is 0 Å². The fourth-order valence-electron chi connectivity index (χ4n) is 1.56. The maximum Gasteiger partial charge on any atom is 0.249 e. The molecule has 1 saturated heterocycles. The third-order valence-electron chi connectivity index (χ3n) is 2.52. The van der Waals surface area contributed by atoms with Gasteiger partial charge in [0.05, 0.1) is 0 Å². The Hall–Kier alpha value is -1.10. The molecule has 0 bridgehead atoms. The first-order chi connectivity index (χ1) is 7.65. The quantitative estimate of drug-likeness (QED) is 0.706. The summed E-state index contributed by atoms with van der Waals surface area (Å²) in [6, 6.07) is -0.497. The molecule has 1 aliphatic rings. The highest BCUT2D eigenvalue weighted by Crippen LogP contribution is 2.11. The lowest BCUT2D eigenvalue weighted by Gasteiger charge is -2.16. The molecule has 1 heterocycles. The summed E-state index contributed by atoms with van der Waals surface area (Å²) < 4.78 is 5.23. The number of rotatable bonds is 5. The predicted molar refractivity (Wildman–Crippen MR) is 59.9 cm³/mol. The zero-order chi connectivity index (χ0) is 12.0. The second kappa shape index (κ2) is 6.48. The fraction of sp³-hybridized carbons (Fsp3) is 0.818. The van der Waals surface area contributed by atoms with Crippen LogP contribution < -0.4 is 10.6 Å². The summed E-state index contributed by atoms with van der Waals surface area (Å²) in [5.74, 6) is -0.329. The van der Waals surface area contributed by atoms with E-state index in [0.717, 1.165) is 19.3 Å². The lowest BCUT2D eigenvalue weighted by Crippen LogP contribution is -2.48.